The first kappa shape index (κ1) is 16.2. The van der Waals surface area contributed by atoms with Crippen molar-refractivity contribution in [3.8, 4) is 0 Å². The second-order valence-corrected chi connectivity index (χ2v) is 5.74. The average Bonchev–Trinajstić information content (AvgIpc) is 2.59. The van der Waals surface area contributed by atoms with Gasteiger partial charge in [0.25, 0.3) is 0 Å². The minimum Gasteiger partial charge on any atom is -0.481 e. The molecule has 6 nitrogen and oxygen atoms in total. The Morgan fingerprint density at radius 3 is 2.40 bits per heavy atom. The van der Waals surface area contributed by atoms with E-state index in [1.807, 2.05) is 20.9 Å². The Hall–Kier alpha value is -1.85. The van der Waals surface area contributed by atoms with Crippen LogP contribution >= 0.6 is 0 Å². The number of carbonyl (C=O) groups is 2. The predicted molar refractivity (Wildman–Crippen MR) is 75.4 cm³/mol. The maximum atomic E-state index is 11.8. The molecular formula is C14H23N3O3. The molecule has 0 aliphatic rings. The first-order valence-electron chi connectivity index (χ1n) is 6.64. The Labute approximate surface area is 119 Å². The molecule has 0 aliphatic heterocycles. The summed E-state index contributed by atoms with van der Waals surface area (Å²) in [4.78, 5) is 22.7. The number of hydrogen-bond donors (Lipinski definition) is 2. The molecule has 6 heteroatoms. The summed E-state index contributed by atoms with van der Waals surface area (Å²) in [5, 5.41) is 16.0. The van der Waals surface area contributed by atoms with Crippen LogP contribution in [0.1, 0.15) is 37.2 Å². The lowest BCUT2D eigenvalue weighted by Crippen LogP contribution is -2.38. The molecule has 1 heterocycles. The summed E-state index contributed by atoms with van der Waals surface area (Å²) >= 11 is 0. The van der Waals surface area contributed by atoms with Crippen LogP contribution in [0.25, 0.3) is 0 Å². The highest BCUT2D eigenvalue weighted by Gasteiger charge is 2.27. The normalized spacial score (nSPS) is 11.4. The predicted octanol–water partition coefficient (Wildman–Crippen LogP) is 1.20. The second kappa shape index (κ2) is 6.07. The molecule has 0 radical (unpaired) electrons. The molecule has 0 saturated carbocycles. The van der Waals surface area contributed by atoms with E-state index in [1.54, 1.807) is 18.5 Å². The van der Waals surface area contributed by atoms with Crippen LogP contribution in [0.3, 0.4) is 0 Å². The van der Waals surface area contributed by atoms with E-state index in [0.717, 1.165) is 17.0 Å². The number of aryl methyl sites for hydroxylation is 2. The highest BCUT2D eigenvalue weighted by molar-refractivity contribution is 5.78. The fourth-order valence-corrected chi connectivity index (χ4v) is 1.90. The lowest BCUT2D eigenvalue weighted by molar-refractivity contribution is -0.146. The zero-order valence-corrected chi connectivity index (χ0v) is 12.8. The summed E-state index contributed by atoms with van der Waals surface area (Å²) in [6.07, 6.45) is 0.952. The summed E-state index contributed by atoms with van der Waals surface area (Å²) in [7, 11) is 1.88. The first-order chi connectivity index (χ1) is 9.15. The number of amides is 1. The van der Waals surface area contributed by atoms with Crippen LogP contribution in [0.5, 0.6) is 0 Å². The Morgan fingerprint density at radius 1 is 1.35 bits per heavy atom. The van der Waals surface area contributed by atoms with Gasteiger partial charge in [-0.2, -0.15) is 5.10 Å². The summed E-state index contributed by atoms with van der Waals surface area (Å²) in [6.45, 7) is 7.21. The Morgan fingerprint density at radius 2 is 1.95 bits per heavy atom. The topological polar surface area (TPSA) is 84.2 Å². The van der Waals surface area contributed by atoms with E-state index in [-0.39, 0.29) is 12.5 Å². The van der Waals surface area contributed by atoms with Crippen molar-refractivity contribution in [3.05, 3.63) is 17.0 Å². The van der Waals surface area contributed by atoms with Crippen LogP contribution < -0.4 is 5.32 Å². The quantitative estimate of drug-likeness (QED) is 0.820. The van der Waals surface area contributed by atoms with Crippen molar-refractivity contribution >= 4 is 11.9 Å². The number of aromatic nitrogens is 2. The van der Waals surface area contributed by atoms with Gasteiger partial charge in [0, 0.05) is 25.7 Å². The molecule has 0 unspecified atom stereocenters. The van der Waals surface area contributed by atoms with Gasteiger partial charge in [-0.15, -0.1) is 0 Å². The molecule has 0 aromatic carbocycles. The lowest BCUT2D eigenvalue weighted by atomic mass is 9.94. The second-order valence-electron chi connectivity index (χ2n) is 5.74. The van der Waals surface area contributed by atoms with E-state index >= 15 is 0 Å². The number of aliphatic carboxylic acids is 1. The minimum atomic E-state index is -0.949. The number of nitrogens with one attached hydrogen (secondary N) is 1. The van der Waals surface area contributed by atoms with Gasteiger partial charge in [-0.05, 0) is 39.7 Å². The van der Waals surface area contributed by atoms with Gasteiger partial charge in [-0.3, -0.25) is 14.3 Å². The standard InChI is InChI=1S/C14H23N3O3/c1-9-11(10(2)17(5)16-9)6-7-12(18)15-8-14(3,4)13(19)20/h6-8H2,1-5H3,(H,15,18)(H,19,20). The Kier molecular flexibility index (Phi) is 4.92. The lowest BCUT2D eigenvalue weighted by Gasteiger charge is -2.19. The van der Waals surface area contributed by atoms with Crippen LogP contribution in [-0.2, 0) is 23.1 Å². The van der Waals surface area contributed by atoms with Crippen molar-refractivity contribution in [3.63, 3.8) is 0 Å². The van der Waals surface area contributed by atoms with Crippen LogP contribution in [0, 0.1) is 19.3 Å². The van der Waals surface area contributed by atoms with E-state index in [0.29, 0.717) is 12.8 Å². The molecule has 1 amide bonds. The van der Waals surface area contributed by atoms with Crippen LogP contribution in [0.4, 0.5) is 0 Å². The molecule has 0 saturated heterocycles. The van der Waals surface area contributed by atoms with E-state index in [2.05, 4.69) is 10.4 Å². The van der Waals surface area contributed by atoms with Crippen molar-refractivity contribution < 1.29 is 14.7 Å². The van der Waals surface area contributed by atoms with Crippen molar-refractivity contribution in [2.45, 2.75) is 40.5 Å². The van der Waals surface area contributed by atoms with Gasteiger partial charge in [0.2, 0.25) is 5.91 Å². The van der Waals surface area contributed by atoms with Gasteiger partial charge in [0.05, 0.1) is 11.1 Å². The number of carboxylic acid groups (broad SMARTS) is 1. The number of hydrogen-bond acceptors (Lipinski definition) is 3. The summed E-state index contributed by atoms with van der Waals surface area (Å²) in [5.74, 6) is -1.06. The molecule has 0 aliphatic carbocycles. The van der Waals surface area contributed by atoms with Crippen molar-refractivity contribution in [2.75, 3.05) is 6.54 Å². The zero-order chi connectivity index (χ0) is 15.5. The molecule has 2 N–H and O–H groups in total. The van der Waals surface area contributed by atoms with E-state index in [9.17, 15) is 9.59 Å². The molecule has 0 bridgehead atoms. The van der Waals surface area contributed by atoms with Gasteiger partial charge in [-0.1, -0.05) is 0 Å². The Bertz CT molecular complexity index is 518. The molecule has 20 heavy (non-hydrogen) atoms. The minimum absolute atomic E-state index is 0.131. The van der Waals surface area contributed by atoms with Crippen molar-refractivity contribution in [1.29, 1.82) is 0 Å². The highest BCUT2D eigenvalue weighted by Crippen LogP contribution is 2.15. The van der Waals surface area contributed by atoms with E-state index < -0.39 is 11.4 Å². The fourth-order valence-electron chi connectivity index (χ4n) is 1.90. The molecule has 1 rings (SSSR count). The SMILES string of the molecule is Cc1nn(C)c(C)c1CCC(=O)NCC(C)(C)C(=O)O. The molecule has 0 atom stereocenters. The van der Waals surface area contributed by atoms with Gasteiger partial charge in [-0.25, -0.2) is 0 Å². The van der Waals surface area contributed by atoms with Crippen LogP contribution in [-0.4, -0.2) is 33.3 Å². The summed E-state index contributed by atoms with van der Waals surface area (Å²) < 4.78 is 1.80. The van der Waals surface area contributed by atoms with Crippen molar-refractivity contribution in [2.24, 2.45) is 12.5 Å². The maximum absolute atomic E-state index is 11.8. The third kappa shape index (κ3) is 3.82. The number of carboxylic acids is 1. The molecule has 0 fully saturated rings. The summed E-state index contributed by atoms with van der Waals surface area (Å²) in [6, 6.07) is 0. The monoisotopic (exact) mass is 281 g/mol. The van der Waals surface area contributed by atoms with Gasteiger partial charge >= 0.3 is 5.97 Å². The summed E-state index contributed by atoms with van der Waals surface area (Å²) in [5.41, 5.74) is 2.13. The van der Waals surface area contributed by atoms with E-state index in [1.165, 1.54) is 0 Å². The number of rotatable bonds is 6. The first-order valence-corrected chi connectivity index (χ1v) is 6.64. The van der Waals surface area contributed by atoms with E-state index in [4.69, 9.17) is 5.11 Å². The van der Waals surface area contributed by atoms with Gasteiger partial charge in [0.1, 0.15) is 0 Å². The van der Waals surface area contributed by atoms with Crippen molar-refractivity contribution in [1.82, 2.24) is 15.1 Å². The maximum Gasteiger partial charge on any atom is 0.310 e. The van der Waals surface area contributed by atoms with Gasteiger partial charge in [0.15, 0.2) is 0 Å². The third-order valence-corrected chi connectivity index (χ3v) is 3.57. The molecule has 1 aromatic rings. The fraction of sp³-hybridized carbons (Fsp3) is 0.643. The average molecular weight is 281 g/mol. The largest absolute Gasteiger partial charge is 0.481 e. The molecular weight excluding hydrogens is 258 g/mol. The molecule has 1 aromatic heterocycles. The number of nitrogens with zero attached hydrogens (tertiary/aromatic N) is 2. The molecule has 112 valence electrons. The van der Waals surface area contributed by atoms with Crippen LogP contribution in [0.15, 0.2) is 0 Å². The zero-order valence-electron chi connectivity index (χ0n) is 12.8. The Balaban J connectivity index is 2.50. The smallest absolute Gasteiger partial charge is 0.310 e. The third-order valence-electron chi connectivity index (χ3n) is 3.57. The highest BCUT2D eigenvalue weighted by atomic mass is 16.4. The van der Waals surface area contributed by atoms with Crippen LogP contribution in [0.2, 0.25) is 0 Å². The van der Waals surface area contributed by atoms with Gasteiger partial charge < -0.3 is 10.4 Å². The molecule has 0 spiro atoms. The number of carbonyl (C=O) groups excluding carboxylic acids is 1.